The largest absolute Gasteiger partial charge is 0.497 e. The predicted molar refractivity (Wildman–Crippen MR) is 107 cm³/mol. The molecule has 1 atom stereocenters. The third-order valence-corrected chi connectivity index (χ3v) is 4.53. The molecule has 0 aliphatic heterocycles. The lowest BCUT2D eigenvalue weighted by Gasteiger charge is -2.17. The smallest absolute Gasteiger partial charge is 0.336 e. The van der Waals surface area contributed by atoms with Crippen LogP contribution in [0.2, 0.25) is 0 Å². The Hall–Kier alpha value is -4.12. The number of nitrogens with one attached hydrogen (secondary N) is 1. The highest BCUT2D eigenvalue weighted by atomic mass is 16.5. The molecule has 1 heterocycles. The Balaban J connectivity index is 1.91. The number of methoxy groups -OCH3 is 2. The number of hydrogen-bond acceptors (Lipinski definition) is 7. The van der Waals surface area contributed by atoms with Crippen LogP contribution in [0.3, 0.4) is 0 Å². The number of ether oxygens (including phenoxy) is 2. The van der Waals surface area contributed by atoms with Crippen LogP contribution in [0.15, 0.2) is 57.7 Å². The zero-order chi connectivity index (χ0) is 21.7. The van der Waals surface area contributed by atoms with Crippen LogP contribution in [0.4, 0.5) is 0 Å². The fourth-order valence-corrected chi connectivity index (χ4v) is 3.00. The summed E-state index contributed by atoms with van der Waals surface area (Å²) in [6.45, 7) is 0. The highest BCUT2D eigenvalue weighted by Gasteiger charge is 2.24. The minimum atomic E-state index is -1.04. The van der Waals surface area contributed by atoms with Gasteiger partial charge in [0.05, 0.1) is 25.9 Å². The van der Waals surface area contributed by atoms with E-state index in [4.69, 9.17) is 19.2 Å². The molecule has 0 radical (unpaired) electrons. The molecule has 0 fully saturated rings. The van der Waals surface area contributed by atoms with Crippen molar-refractivity contribution in [2.45, 2.75) is 12.5 Å². The zero-order valence-electron chi connectivity index (χ0n) is 16.3. The molecule has 8 heteroatoms. The summed E-state index contributed by atoms with van der Waals surface area (Å²) in [6.07, 6.45) is 0.0170. The van der Waals surface area contributed by atoms with Crippen LogP contribution in [0, 0.1) is 11.3 Å². The summed E-state index contributed by atoms with van der Waals surface area (Å²) < 4.78 is 15.2. The van der Waals surface area contributed by atoms with Crippen molar-refractivity contribution >= 4 is 22.8 Å². The first kappa shape index (κ1) is 20.6. The molecule has 0 unspecified atom stereocenters. The molecule has 0 saturated heterocycles. The third kappa shape index (κ3) is 4.47. The monoisotopic (exact) mass is 406 g/mol. The van der Waals surface area contributed by atoms with Crippen molar-refractivity contribution in [3.8, 4) is 11.8 Å². The van der Waals surface area contributed by atoms with Gasteiger partial charge in [0.25, 0.3) is 5.91 Å². The van der Waals surface area contributed by atoms with Crippen molar-refractivity contribution in [3.05, 3.63) is 75.6 Å². The maximum Gasteiger partial charge on any atom is 0.336 e. The predicted octanol–water partition coefficient (Wildman–Crippen LogP) is 2.19. The van der Waals surface area contributed by atoms with E-state index in [0.29, 0.717) is 27.8 Å². The molecule has 3 aromatic rings. The Morgan fingerprint density at radius 2 is 1.87 bits per heavy atom. The first-order valence-electron chi connectivity index (χ1n) is 8.94. The number of fused-ring (bicyclic) bond motifs is 1. The van der Waals surface area contributed by atoms with Gasteiger partial charge in [-0.2, -0.15) is 5.26 Å². The van der Waals surface area contributed by atoms with Gasteiger partial charge in [0, 0.05) is 29.5 Å². The molecule has 1 aromatic heterocycles. The number of carbonyl (C=O) groups excluding carboxylic acids is 2. The summed E-state index contributed by atoms with van der Waals surface area (Å²) in [5.41, 5.74) is 0.921. The van der Waals surface area contributed by atoms with Crippen molar-refractivity contribution in [2.75, 3.05) is 14.2 Å². The molecule has 2 aromatic carbocycles. The fourth-order valence-electron chi connectivity index (χ4n) is 3.00. The van der Waals surface area contributed by atoms with Crippen molar-refractivity contribution < 1.29 is 23.5 Å². The average Bonchev–Trinajstić information content (AvgIpc) is 2.77. The molecule has 0 bridgehead atoms. The van der Waals surface area contributed by atoms with Crippen molar-refractivity contribution in [2.24, 2.45) is 0 Å². The summed E-state index contributed by atoms with van der Waals surface area (Å²) in [5.74, 6) is -0.655. The second-order valence-electron chi connectivity index (χ2n) is 6.40. The van der Waals surface area contributed by atoms with Gasteiger partial charge >= 0.3 is 11.6 Å². The molecule has 152 valence electrons. The van der Waals surface area contributed by atoms with E-state index in [9.17, 15) is 14.4 Å². The topological polar surface area (TPSA) is 119 Å². The molecule has 0 aliphatic carbocycles. The van der Waals surface area contributed by atoms with Crippen LogP contribution in [-0.4, -0.2) is 32.1 Å². The van der Waals surface area contributed by atoms with Crippen LogP contribution >= 0.6 is 0 Å². The molecule has 0 aliphatic rings. The van der Waals surface area contributed by atoms with E-state index in [1.54, 1.807) is 18.2 Å². The van der Waals surface area contributed by atoms with E-state index in [1.807, 2.05) is 6.07 Å². The van der Waals surface area contributed by atoms with Crippen molar-refractivity contribution in [3.63, 3.8) is 0 Å². The third-order valence-electron chi connectivity index (χ3n) is 4.53. The number of amides is 1. The normalized spacial score (nSPS) is 11.4. The summed E-state index contributed by atoms with van der Waals surface area (Å²) in [4.78, 5) is 36.9. The summed E-state index contributed by atoms with van der Waals surface area (Å²) >= 11 is 0. The Bertz CT molecular complexity index is 1190. The van der Waals surface area contributed by atoms with Gasteiger partial charge in [-0.15, -0.1) is 0 Å². The van der Waals surface area contributed by atoms with E-state index in [-0.39, 0.29) is 12.0 Å². The van der Waals surface area contributed by atoms with Crippen LogP contribution < -0.4 is 15.7 Å². The maximum absolute atomic E-state index is 12.6. The highest BCUT2D eigenvalue weighted by Crippen LogP contribution is 2.23. The van der Waals surface area contributed by atoms with Gasteiger partial charge in [-0.25, -0.2) is 9.59 Å². The Morgan fingerprint density at radius 1 is 1.13 bits per heavy atom. The van der Waals surface area contributed by atoms with E-state index < -0.39 is 23.5 Å². The van der Waals surface area contributed by atoms with Gasteiger partial charge in [-0.3, -0.25) is 4.79 Å². The molecule has 0 spiro atoms. The highest BCUT2D eigenvalue weighted by molar-refractivity contribution is 5.97. The number of esters is 1. The van der Waals surface area contributed by atoms with Gasteiger partial charge in [-0.05, 0) is 42.0 Å². The first-order chi connectivity index (χ1) is 14.4. The fraction of sp³-hybridized carbons (Fsp3) is 0.182. The summed E-state index contributed by atoms with van der Waals surface area (Å²) in [7, 11) is 2.71. The Morgan fingerprint density at radius 3 is 2.50 bits per heavy atom. The molecule has 1 amide bonds. The standard InChI is InChI=1S/C22H18N2O6/c1-28-16-7-8-17-15(10-20(25)30-19(17)11-16)9-18(22(27)29-2)24-21(26)14-5-3-13(12-23)4-6-14/h3-8,10-11,18H,9H2,1-2H3,(H,24,26)/t18-/m0/s1. The van der Waals surface area contributed by atoms with Gasteiger partial charge in [-0.1, -0.05) is 0 Å². The number of rotatable bonds is 6. The number of benzene rings is 2. The molecule has 8 nitrogen and oxygen atoms in total. The minimum absolute atomic E-state index is 0.0170. The lowest BCUT2D eigenvalue weighted by Crippen LogP contribution is -2.43. The molecule has 0 saturated carbocycles. The van der Waals surface area contributed by atoms with Gasteiger partial charge in [0.15, 0.2) is 0 Å². The van der Waals surface area contributed by atoms with Gasteiger partial charge in [0.1, 0.15) is 17.4 Å². The van der Waals surface area contributed by atoms with Gasteiger partial charge < -0.3 is 19.2 Å². The Kier molecular flexibility index (Phi) is 6.13. The van der Waals surface area contributed by atoms with E-state index in [1.165, 1.54) is 44.6 Å². The van der Waals surface area contributed by atoms with Crippen molar-refractivity contribution in [1.29, 1.82) is 5.26 Å². The molecule has 3 rings (SSSR count). The maximum atomic E-state index is 12.6. The molecule has 30 heavy (non-hydrogen) atoms. The lowest BCUT2D eigenvalue weighted by atomic mass is 10.0. The lowest BCUT2D eigenvalue weighted by molar-refractivity contribution is -0.142. The van der Waals surface area contributed by atoms with Crippen LogP contribution in [0.25, 0.3) is 11.0 Å². The zero-order valence-corrected chi connectivity index (χ0v) is 16.3. The van der Waals surface area contributed by atoms with Gasteiger partial charge in [0.2, 0.25) is 0 Å². The Labute approximate surface area is 171 Å². The van der Waals surface area contributed by atoms with Crippen LogP contribution in [0.5, 0.6) is 5.75 Å². The van der Waals surface area contributed by atoms with E-state index in [0.717, 1.165) is 0 Å². The number of nitrogens with zero attached hydrogens (tertiary/aromatic N) is 1. The molecule has 1 N–H and O–H groups in total. The van der Waals surface area contributed by atoms with E-state index >= 15 is 0 Å². The second-order valence-corrected chi connectivity index (χ2v) is 6.40. The van der Waals surface area contributed by atoms with Crippen LogP contribution in [-0.2, 0) is 16.0 Å². The summed E-state index contributed by atoms with van der Waals surface area (Å²) in [5, 5.41) is 12.1. The minimum Gasteiger partial charge on any atom is -0.497 e. The number of nitriles is 1. The summed E-state index contributed by atoms with van der Waals surface area (Å²) in [6, 6.07) is 13.2. The SMILES string of the molecule is COC(=O)[C@H](Cc1cc(=O)oc2cc(OC)ccc12)NC(=O)c1ccc(C#N)cc1. The quantitative estimate of drug-likeness (QED) is 0.492. The first-order valence-corrected chi connectivity index (χ1v) is 8.94. The van der Waals surface area contributed by atoms with E-state index in [2.05, 4.69) is 5.32 Å². The second kappa shape index (κ2) is 8.92. The number of hydrogen-bond donors (Lipinski definition) is 1. The molecular formula is C22H18N2O6. The number of carbonyl (C=O) groups is 2. The van der Waals surface area contributed by atoms with Crippen molar-refractivity contribution in [1.82, 2.24) is 5.32 Å². The van der Waals surface area contributed by atoms with Crippen LogP contribution in [0.1, 0.15) is 21.5 Å². The molecular weight excluding hydrogens is 388 g/mol. The average molecular weight is 406 g/mol.